The molecular weight excluding hydrogens is 214 g/mol. The fraction of sp³-hybridized carbons (Fsp3) is 0.929. The lowest BCUT2D eigenvalue weighted by atomic mass is 9.85. The molecule has 2 fully saturated rings. The zero-order chi connectivity index (χ0) is 12.3. The summed E-state index contributed by atoms with van der Waals surface area (Å²) in [7, 11) is 0. The molecule has 0 aromatic rings. The van der Waals surface area contributed by atoms with Gasteiger partial charge in [0.05, 0.1) is 5.92 Å². The SMILES string of the molecule is CCC1CCCC(OC(=O)C2CNCC2C)C1. The zero-order valence-electron chi connectivity index (χ0n) is 11.1. The number of hydrogen-bond acceptors (Lipinski definition) is 3. The molecule has 1 saturated carbocycles. The molecule has 1 saturated heterocycles. The van der Waals surface area contributed by atoms with E-state index in [-0.39, 0.29) is 18.0 Å². The van der Waals surface area contributed by atoms with E-state index in [9.17, 15) is 4.79 Å². The molecule has 0 aromatic heterocycles. The van der Waals surface area contributed by atoms with Gasteiger partial charge in [-0.1, -0.05) is 26.7 Å². The predicted molar refractivity (Wildman–Crippen MR) is 67.7 cm³/mol. The first-order valence-electron chi connectivity index (χ1n) is 7.12. The Bertz CT molecular complexity index is 267. The first-order chi connectivity index (χ1) is 8.20. The van der Waals surface area contributed by atoms with Crippen LogP contribution in [0.25, 0.3) is 0 Å². The first-order valence-corrected chi connectivity index (χ1v) is 7.12. The third kappa shape index (κ3) is 3.21. The van der Waals surface area contributed by atoms with E-state index in [0.29, 0.717) is 5.92 Å². The predicted octanol–water partition coefficient (Wildman–Crippen LogP) is 2.35. The second-order valence-electron chi connectivity index (χ2n) is 5.74. The van der Waals surface area contributed by atoms with E-state index in [1.165, 1.54) is 19.3 Å². The molecule has 0 radical (unpaired) electrons. The van der Waals surface area contributed by atoms with Crippen LogP contribution in [0.2, 0.25) is 0 Å². The maximum absolute atomic E-state index is 12.1. The van der Waals surface area contributed by atoms with Crippen LogP contribution in [0, 0.1) is 17.8 Å². The average molecular weight is 239 g/mol. The molecular formula is C14H25NO2. The molecule has 0 amide bonds. The van der Waals surface area contributed by atoms with Crippen LogP contribution in [0.4, 0.5) is 0 Å². The van der Waals surface area contributed by atoms with E-state index in [0.717, 1.165) is 31.8 Å². The number of hydrogen-bond donors (Lipinski definition) is 1. The van der Waals surface area contributed by atoms with Crippen molar-refractivity contribution in [2.75, 3.05) is 13.1 Å². The third-order valence-electron chi connectivity index (χ3n) is 4.42. The summed E-state index contributed by atoms with van der Waals surface area (Å²) in [5.74, 6) is 1.30. The number of carbonyl (C=O) groups excluding carboxylic acids is 1. The molecule has 4 unspecified atom stereocenters. The second-order valence-corrected chi connectivity index (χ2v) is 5.74. The molecule has 1 N–H and O–H groups in total. The average Bonchev–Trinajstić information content (AvgIpc) is 2.76. The molecule has 3 nitrogen and oxygen atoms in total. The number of esters is 1. The Hall–Kier alpha value is -0.570. The quantitative estimate of drug-likeness (QED) is 0.768. The van der Waals surface area contributed by atoms with Crippen molar-refractivity contribution in [3.8, 4) is 0 Å². The summed E-state index contributed by atoms with van der Waals surface area (Å²) in [5.41, 5.74) is 0. The Labute approximate surface area is 104 Å². The van der Waals surface area contributed by atoms with Gasteiger partial charge < -0.3 is 10.1 Å². The smallest absolute Gasteiger partial charge is 0.310 e. The molecule has 0 aromatic carbocycles. The van der Waals surface area contributed by atoms with E-state index in [1.54, 1.807) is 0 Å². The van der Waals surface area contributed by atoms with Crippen molar-refractivity contribution in [1.82, 2.24) is 5.32 Å². The van der Waals surface area contributed by atoms with Crippen LogP contribution in [-0.2, 0) is 9.53 Å². The highest BCUT2D eigenvalue weighted by molar-refractivity contribution is 5.73. The largest absolute Gasteiger partial charge is 0.462 e. The van der Waals surface area contributed by atoms with Gasteiger partial charge in [0.1, 0.15) is 6.10 Å². The van der Waals surface area contributed by atoms with Crippen molar-refractivity contribution in [2.45, 2.75) is 52.1 Å². The minimum Gasteiger partial charge on any atom is -0.462 e. The normalized spacial score (nSPS) is 38.0. The summed E-state index contributed by atoms with van der Waals surface area (Å²) in [5, 5.41) is 3.26. The van der Waals surface area contributed by atoms with Gasteiger partial charge in [-0.2, -0.15) is 0 Å². The van der Waals surface area contributed by atoms with Gasteiger partial charge in [0.2, 0.25) is 0 Å². The van der Waals surface area contributed by atoms with Crippen molar-refractivity contribution in [3.63, 3.8) is 0 Å². The van der Waals surface area contributed by atoms with Crippen LogP contribution < -0.4 is 5.32 Å². The van der Waals surface area contributed by atoms with E-state index < -0.39 is 0 Å². The molecule has 0 bridgehead atoms. The van der Waals surface area contributed by atoms with Crippen LogP contribution in [0.5, 0.6) is 0 Å². The maximum atomic E-state index is 12.1. The Morgan fingerprint density at radius 2 is 2.18 bits per heavy atom. The van der Waals surface area contributed by atoms with Gasteiger partial charge in [-0.15, -0.1) is 0 Å². The van der Waals surface area contributed by atoms with Crippen molar-refractivity contribution in [3.05, 3.63) is 0 Å². The lowest BCUT2D eigenvalue weighted by Crippen LogP contribution is -2.31. The topological polar surface area (TPSA) is 38.3 Å². The Balaban J connectivity index is 1.81. The van der Waals surface area contributed by atoms with Crippen molar-refractivity contribution >= 4 is 5.97 Å². The maximum Gasteiger partial charge on any atom is 0.310 e. The summed E-state index contributed by atoms with van der Waals surface area (Å²) >= 11 is 0. The van der Waals surface area contributed by atoms with Gasteiger partial charge in [-0.05, 0) is 37.6 Å². The molecule has 1 aliphatic carbocycles. The van der Waals surface area contributed by atoms with E-state index >= 15 is 0 Å². The summed E-state index contributed by atoms with van der Waals surface area (Å²) < 4.78 is 5.70. The number of rotatable bonds is 3. The summed E-state index contributed by atoms with van der Waals surface area (Å²) in [6.07, 6.45) is 6.08. The van der Waals surface area contributed by atoms with Crippen LogP contribution in [0.15, 0.2) is 0 Å². The fourth-order valence-corrected chi connectivity index (χ4v) is 3.10. The highest BCUT2D eigenvalue weighted by atomic mass is 16.5. The van der Waals surface area contributed by atoms with Gasteiger partial charge in [0.15, 0.2) is 0 Å². The summed E-state index contributed by atoms with van der Waals surface area (Å²) in [6.45, 7) is 6.10. The summed E-state index contributed by atoms with van der Waals surface area (Å²) in [6, 6.07) is 0. The molecule has 1 heterocycles. The van der Waals surface area contributed by atoms with Crippen molar-refractivity contribution in [2.24, 2.45) is 17.8 Å². The van der Waals surface area contributed by atoms with Crippen molar-refractivity contribution < 1.29 is 9.53 Å². The Kier molecular flexibility index (Phi) is 4.43. The van der Waals surface area contributed by atoms with Gasteiger partial charge in [-0.25, -0.2) is 0 Å². The molecule has 4 atom stereocenters. The van der Waals surface area contributed by atoms with Crippen LogP contribution >= 0.6 is 0 Å². The van der Waals surface area contributed by atoms with Crippen LogP contribution in [0.3, 0.4) is 0 Å². The number of ether oxygens (including phenoxy) is 1. The third-order valence-corrected chi connectivity index (χ3v) is 4.42. The standard InChI is InChI=1S/C14H25NO2/c1-3-11-5-4-6-12(7-11)17-14(16)13-9-15-8-10(13)2/h10-13,15H,3-9H2,1-2H3. The molecule has 2 rings (SSSR count). The van der Waals surface area contributed by atoms with Gasteiger partial charge in [0, 0.05) is 6.54 Å². The lowest BCUT2D eigenvalue weighted by molar-refractivity contribution is -0.156. The molecule has 17 heavy (non-hydrogen) atoms. The zero-order valence-corrected chi connectivity index (χ0v) is 11.1. The molecule has 2 aliphatic rings. The highest BCUT2D eigenvalue weighted by Crippen LogP contribution is 2.29. The second kappa shape index (κ2) is 5.85. The van der Waals surface area contributed by atoms with Gasteiger partial charge in [-0.3, -0.25) is 4.79 Å². The van der Waals surface area contributed by atoms with E-state index in [4.69, 9.17) is 4.74 Å². The molecule has 3 heteroatoms. The van der Waals surface area contributed by atoms with E-state index in [1.807, 2.05) is 0 Å². The number of nitrogens with one attached hydrogen (secondary N) is 1. The lowest BCUT2D eigenvalue weighted by Gasteiger charge is -2.29. The van der Waals surface area contributed by atoms with Crippen molar-refractivity contribution in [1.29, 1.82) is 0 Å². The molecule has 0 spiro atoms. The Morgan fingerprint density at radius 3 is 2.82 bits per heavy atom. The highest BCUT2D eigenvalue weighted by Gasteiger charge is 2.33. The van der Waals surface area contributed by atoms with E-state index in [2.05, 4.69) is 19.2 Å². The van der Waals surface area contributed by atoms with Crippen LogP contribution in [-0.4, -0.2) is 25.2 Å². The summed E-state index contributed by atoms with van der Waals surface area (Å²) in [4.78, 5) is 12.1. The Morgan fingerprint density at radius 1 is 1.35 bits per heavy atom. The first kappa shape index (κ1) is 12.9. The fourth-order valence-electron chi connectivity index (χ4n) is 3.10. The number of carbonyl (C=O) groups is 1. The molecule has 1 aliphatic heterocycles. The van der Waals surface area contributed by atoms with Gasteiger partial charge >= 0.3 is 5.97 Å². The monoisotopic (exact) mass is 239 g/mol. The van der Waals surface area contributed by atoms with Crippen LogP contribution in [0.1, 0.15) is 46.0 Å². The minimum absolute atomic E-state index is 0.0317. The molecule has 98 valence electrons. The van der Waals surface area contributed by atoms with Gasteiger partial charge in [0.25, 0.3) is 0 Å². The minimum atomic E-state index is 0.0317.